The summed E-state index contributed by atoms with van der Waals surface area (Å²) in [5.74, 6) is 0.931. The van der Waals surface area contributed by atoms with E-state index in [4.69, 9.17) is 4.74 Å². The van der Waals surface area contributed by atoms with Gasteiger partial charge in [-0.3, -0.25) is 9.58 Å². The van der Waals surface area contributed by atoms with Crippen LogP contribution < -0.4 is 10.1 Å². The molecule has 1 unspecified atom stereocenters. The zero-order valence-electron chi connectivity index (χ0n) is 15.9. The number of benzene rings is 1. The summed E-state index contributed by atoms with van der Waals surface area (Å²) in [5.41, 5.74) is 5.00. The highest BCUT2D eigenvalue weighted by molar-refractivity contribution is 5.31. The Morgan fingerprint density at radius 3 is 2.64 bits per heavy atom. The second-order valence-electron chi connectivity index (χ2n) is 6.94. The minimum absolute atomic E-state index is 0.384. The Labute approximate surface area is 151 Å². The molecule has 2 heterocycles. The smallest absolute Gasteiger partial charge is 0.119 e. The van der Waals surface area contributed by atoms with Crippen molar-refractivity contribution < 1.29 is 4.74 Å². The van der Waals surface area contributed by atoms with Crippen LogP contribution in [0.5, 0.6) is 5.75 Å². The molecule has 0 spiro atoms. The molecule has 3 rings (SSSR count). The quantitative estimate of drug-likeness (QED) is 0.840. The molecule has 0 radical (unpaired) electrons. The Kier molecular flexibility index (Phi) is 5.76. The zero-order chi connectivity index (χ0) is 17.8. The summed E-state index contributed by atoms with van der Waals surface area (Å²) in [6.07, 6.45) is 2.59. The summed E-state index contributed by atoms with van der Waals surface area (Å²) in [5, 5.41) is 8.19. The lowest BCUT2D eigenvalue weighted by molar-refractivity contribution is 0.237. The van der Waals surface area contributed by atoms with Gasteiger partial charge in [-0.05, 0) is 57.5 Å². The summed E-state index contributed by atoms with van der Waals surface area (Å²) in [4.78, 5) is 2.59. The van der Waals surface area contributed by atoms with Crippen LogP contribution in [0.1, 0.15) is 41.4 Å². The van der Waals surface area contributed by atoms with Crippen molar-refractivity contribution in [3.63, 3.8) is 0 Å². The lowest BCUT2D eigenvalue weighted by Gasteiger charge is -2.28. The molecule has 1 fully saturated rings. The third-order valence-corrected chi connectivity index (χ3v) is 5.36. The van der Waals surface area contributed by atoms with E-state index in [1.54, 1.807) is 7.11 Å². The number of methoxy groups -OCH3 is 1. The van der Waals surface area contributed by atoms with Crippen LogP contribution in [0.25, 0.3) is 0 Å². The number of rotatable bonds is 7. The molecule has 25 heavy (non-hydrogen) atoms. The third kappa shape index (κ3) is 4.05. The summed E-state index contributed by atoms with van der Waals surface area (Å²) in [7, 11) is 3.74. The second-order valence-corrected chi connectivity index (χ2v) is 6.94. The standard InChI is InChI=1S/C20H30N4O/c1-15-19(16(2)23(3)22-15)13-21-14-20(24-10-5-6-11-24)17-8-7-9-18(12-17)25-4/h7-9,12,20-21H,5-6,10-11,13-14H2,1-4H3. The molecule has 136 valence electrons. The van der Waals surface area contributed by atoms with Crippen molar-refractivity contribution in [2.75, 3.05) is 26.7 Å². The minimum Gasteiger partial charge on any atom is -0.497 e. The van der Waals surface area contributed by atoms with Crippen LogP contribution in [0.4, 0.5) is 0 Å². The van der Waals surface area contributed by atoms with Crippen molar-refractivity contribution in [1.82, 2.24) is 20.0 Å². The van der Waals surface area contributed by atoms with Crippen molar-refractivity contribution in [3.8, 4) is 5.75 Å². The number of nitrogens with one attached hydrogen (secondary N) is 1. The molecule has 1 saturated heterocycles. The Morgan fingerprint density at radius 1 is 1.24 bits per heavy atom. The monoisotopic (exact) mass is 342 g/mol. The number of ether oxygens (including phenoxy) is 1. The fourth-order valence-electron chi connectivity index (χ4n) is 3.77. The molecular formula is C20H30N4O. The molecular weight excluding hydrogens is 312 g/mol. The van der Waals surface area contributed by atoms with E-state index < -0.39 is 0 Å². The predicted molar refractivity (Wildman–Crippen MR) is 101 cm³/mol. The molecule has 1 aromatic heterocycles. The first-order valence-electron chi connectivity index (χ1n) is 9.18. The van der Waals surface area contributed by atoms with Crippen LogP contribution in [-0.2, 0) is 13.6 Å². The van der Waals surface area contributed by atoms with Gasteiger partial charge in [-0.15, -0.1) is 0 Å². The molecule has 1 aliphatic rings. The molecule has 0 bridgehead atoms. The van der Waals surface area contributed by atoms with E-state index in [1.165, 1.54) is 42.8 Å². The van der Waals surface area contributed by atoms with Crippen LogP contribution >= 0.6 is 0 Å². The average Bonchev–Trinajstić information content (AvgIpc) is 3.22. The predicted octanol–water partition coefficient (Wildman–Crippen LogP) is 2.97. The molecule has 5 heteroatoms. The van der Waals surface area contributed by atoms with Crippen LogP contribution in [0.2, 0.25) is 0 Å². The van der Waals surface area contributed by atoms with Gasteiger partial charge in [0, 0.05) is 37.4 Å². The number of hydrogen-bond donors (Lipinski definition) is 1. The van der Waals surface area contributed by atoms with Crippen LogP contribution in [0.3, 0.4) is 0 Å². The minimum atomic E-state index is 0.384. The maximum atomic E-state index is 5.43. The van der Waals surface area contributed by atoms with E-state index in [1.807, 2.05) is 17.8 Å². The van der Waals surface area contributed by atoms with E-state index >= 15 is 0 Å². The van der Waals surface area contributed by atoms with Gasteiger partial charge in [-0.2, -0.15) is 5.10 Å². The molecule has 0 aliphatic carbocycles. The van der Waals surface area contributed by atoms with E-state index in [9.17, 15) is 0 Å². The highest BCUT2D eigenvalue weighted by Gasteiger charge is 2.23. The van der Waals surface area contributed by atoms with Crippen LogP contribution in [0.15, 0.2) is 24.3 Å². The lowest BCUT2D eigenvalue weighted by Crippen LogP contribution is -2.34. The fraction of sp³-hybridized carbons (Fsp3) is 0.550. The largest absolute Gasteiger partial charge is 0.497 e. The molecule has 2 aromatic rings. The van der Waals surface area contributed by atoms with Crippen molar-refractivity contribution in [3.05, 3.63) is 46.8 Å². The molecule has 1 N–H and O–H groups in total. The summed E-state index contributed by atoms with van der Waals surface area (Å²) < 4.78 is 7.39. The van der Waals surface area contributed by atoms with Crippen molar-refractivity contribution >= 4 is 0 Å². The second kappa shape index (κ2) is 8.02. The number of likely N-dealkylation sites (tertiary alicyclic amines) is 1. The first-order chi connectivity index (χ1) is 12.1. The molecule has 1 aliphatic heterocycles. The number of nitrogens with zero attached hydrogens (tertiary/aromatic N) is 3. The van der Waals surface area contributed by atoms with Gasteiger partial charge in [0.2, 0.25) is 0 Å². The SMILES string of the molecule is COc1cccc(C(CNCc2c(C)nn(C)c2C)N2CCCC2)c1. The maximum absolute atomic E-state index is 5.43. The van der Waals surface area contributed by atoms with Crippen LogP contribution in [0, 0.1) is 13.8 Å². The normalized spacial score (nSPS) is 16.3. The summed E-state index contributed by atoms with van der Waals surface area (Å²) in [6, 6.07) is 8.88. The van der Waals surface area contributed by atoms with Crippen molar-refractivity contribution in [2.24, 2.45) is 7.05 Å². The van der Waals surface area contributed by atoms with E-state index in [2.05, 4.69) is 47.4 Å². The lowest BCUT2D eigenvalue weighted by atomic mass is 10.0. The van der Waals surface area contributed by atoms with Gasteiger partial charge in [-0.25, -0.2) is 0 Å². The first kappa shape index (κ1) is 18.0. The van der Waals surface area contributed by atoms with Crippen molar-refractivity contribution in [1.29, 1.82) is 0 Å². The Morgan fingerprint density at radius 2 is 2.00 bits per heavy atom. The highest BCUT2D eigenvalue weighted by Crippen LogP contribution is 2.27. The fourth-order valence-corrected chi connectivity index (χ4v) is 3.77. The highest BCUT2D eigenvalue weighted by atomic mass is 16.5. The average molecular weight is 342 g/mol. The Balaban J connectivity index is 1.71. The topological polar surface area (TPSA) is 42.3 Å². The van der Waals surface area contributed by atoms with Gasteiger partial charge in [-0.1, -0.05) is 12.1 Å². The zero-order valence-corrected chi connectivity index (χ0v) is 15.9. The van der Waals surface area contributed by atoms with Gasteiger partial charge in [0.1, 0.15) is 5.75 Å². The number of aryl methyl sites for hydroxylation is 2. The van der Waals surface area contributed by atoms with E-state index in [0.29, 0.717) is 6.04 Å². The third-order valence-electron chi connectivity index (χ3n) is 5.36. The van der Waals surface area contributed by atoms with Crippen LogP contribution in [-0.4, -0.2) is 41.4 Å². The maximum Gasteiger partial charge on any atom is 0.119 e. The van der Waals surface area contributed by atoms with Gasteiger partial charge in [0.25, 0.3) is 0 Å². The summed E-state index contributed by atoms with van der Waals surface area (Å²) >= 11 is 0. The molecule has 5 nitrogen and oxygen atoms in total. The molecule has 1 atom stereocenters. The van der Waals surface area contributed by atoms with E-state index in [0.717, 1.165) is 24.5 Å². The van der Waals surface area contributed by atoms with Gasteiger partial charge in [0.15, 0.2) is 0 Å². The summed E-state index contributed by atoms with van der Waals surface area (Å²) in [6.45, 7) is 8.37. The number of hydrogen-bond acceptors (Lipinski definition) is 4. The van der Waals surface area contributed by atoms with Gasteiger partial charge >= 0.3 is 0 Å². The Hall–Kier alpha value is -1.85. The first-order valence-corrected chi connectivity index (χ1v) is 9.18. The van der Waals surface area contributed by atoms with Gasteiger partial charge < -0.3 is 10.1 Å². The molecule has 0 saturated carbocycles. The molecule has 0 amide bonds. The van der Waals surface area contributed by atoms with E-state index in [-0.39, 0.29) is 0 Å². The molecule has 1 aromatic carbocycles. The number of aromatic nitrogens is 2. The van der Waals surface area contributed by atoms with Crippen molar-refractivity contribution in [2.45, 2.75) is 39.3 Å². The van der Waals surface area contributed by atoms with Gasteiger partial charge in [0.05, 0.1) is 12.8 Å². The Bertz CT molecular complexity index is 704.